The first-order valence-electron chi connectivity index (χ1n) is 9.35. The lowest BCUT2D eigenvalue weighted by atomic mass is 10.0. The van der Waals surface area contributed by atoms with Crippen molar-refractivity contribution >= 4 is 5.91 Å². The second kappa shape index (κ2) is 6.62. The number of rotatable bonds is 4. The molecular weight excluding hydrogens is 312 g/mol. The van der Waals surface area contributed by atoms with E-state index in [2.05, 4.69) is 38.7 Å². The van der Waals surface area contributed by atoms with Crippen LogP contribution >= 0.6 is 0 Å². The minimum Gasteiger partial charge on any atom is -0.338 e. The normalized spacial score (nSPS) is 25.8. The first kappa shape index (κ1) is 16.3. The second-order valence-corrected chi connectivity index (χ2v) is 7.53. The van der Waals surface area contributed by atoms with Crippen LogP contribution in [-0.2, 0) is 11.3 Å². The van der Waals surface area contributed by atoms with Gasteiger partial charge < -0.3 is 4.90 Å². The minimum absolute atomic E-state index is 0.144. The van der Waals surface area contributed by atoms with Gasteiger partial charge in [0.2, 0.25) is 5.91 Å². The molecule has 2 aromatic heterocycles. The second-order valence-electron chi connectivity index (χ2n) is 7.53. The van der Waals surface area contributed by atoms with Crippen molar-refractivity contribution in [3.05, 3.63) is 47.5 Å². The molecule has 2 aromatic rings. The number of piperidine rings is 1. The molecule has 1 saturated heterocycles. The molecule has 3 heterocycles. The molecule has 5 heteroatoms. The molecule has 1 saturated carbocycles. The van der Waals surface area contributed by atoms with E-state index in [-0.39, 0.29) is 12.0 Å². The zero-order chi connectivity index (χ0) is 17.4. The van der Waals surface area contributed by atoms with Gasteiger partial charge in [0.05, 0.1) is 18.3 Å². The van der Waals surface area contributed by atoms with E-state index in [1.807, 2.05) is 19.2 Å². The Morgan fingerprint density at radius 1 is 1.32 bits per heavy atom. The predicted molar refractivity (Wildman–Crippen MR) is 96.1 cm³/mol. The van der Waals surface area contributed by atoms with Crippen LogP contribution in [0.2, 0.25) is 0 Å². The van der Waals surface area contributed by atoms with Crippen LogP contribution in [0.3, 0.4) is 0 Å². The van der Waals surface area contributed by atoms with E-state index in [9.17, 15) is 4.79 Å². The SMILES string of the molecule is Cc1cc(C)n(C[C@@H]2CCCCN2C(=O)[C@@H]2C[C@H]2c2cccnc2)n1. The Bertz CT molecular complexity index is 754. The summed E-state index contributed by atoms with van der Waals surface area (Å²) in [4.78, 5) is 19.4. The third kappa shape index (κ3) is 3.32. The fraction of sp³-hybridized carbons (Fsp3) is 0.550. The number of likely N-dealkylation sites (tertiary alicyclic amines) is 1. The van der Waals surface area contributed by atoms with Crippen LogP contribution in [0.25, 0.3) is 0 Å². The Labute approximate surface area is 149 Å². The highest BCUT2D eigenvalue weighted by molar-refractivity contribution is 5.83. The maximum absolute atomic E-state index is 13.1. The van der Waals surface area contributed by atoms with E-state index in [4.69, 9.17) is 0 Å². The van der Waals surface area contributed by atoms with Gasteiger partial charge in [-0.3, -0.25) is 14.5 Å². The van der Waals surface area contributed by atoms with Crippen LogP contribution in [0.4, 0.5) is 0 Å². The average Bonchev–Trinajstić information content (AvgIpc) is 3.36. The summed E-state index contributed by atoms with van der Waals surface area (Å²) in [5, 5.41) is 4.59. The number of amides is 1. The van der Waals surface area contributed by atoms with Crippen molar-refractivity contribution in [2.24, 2.45) is 5.92 Å². The molecule has 1 aliphatic carbocycles. The summed E-state index contributed by atoms with van der Waals surface area (Å²) in [6.07, 6.45) is 8.05. The summed E-state index contributed by atoms with van der Waals surface area (Å²) in [6.45, 7) is 5.82. The van der Waals surface area contributed by atoms with E-state index >= 15 is 0 Å². The highest BCUT2D eigenvalue weighted by atomic mass is 16.2. The lowest BCUT2D eigenvalue weighted by Crippen LogP contribution is -2.47. The van der Waals surface area contributed by atoms with Crippen LogP contribution in [0.1, 0.15) is 48.6 Å². The molecule has 2 fully saturated rings. The summed E-state index contributed by atoms with van der Waals surface area (Å²) in [5.41, 5.74) is 3.42. The topological polar surface area (TPSA) is 51.0 Å². The van der Waals surface area contributed by atoms with Crippen molar-refractivity contribution in [1.82, 2.24) is 19.7 Å². The third-order valence-corrected chi connectivity index (χ3v) is 5.62. The molecule has 0 radical (unpaired) electrons. The largest absolute Gasteiger partial charge is 0.338 e. The van der Waals surface area contributed by atoms with Gasteiger partial charge in [0.1, 0.15) is 0 Å². The average molecular weight is 338 g/mol. The van der Waals surface area contributed by atoms with Gasteiger partial charge in [-0.2, -0.15) is 5.10 Å². The molecule has 0 N–H and O–H groups in total. The number of hydrogen-bond acceptors (Lipinski definition) is 3. The fourth-order valence-corrected chi connectivity index (χ4v) is 4.18. The van der Waals surface area contributed by atoms with Gasteiger partial charge in [-0.25, -0.2) is 0 Å². The number of carbonyl (C=O) groups excluding carboxylic acids is 1. The Morgan fingerprint density at radius 3 is 2.92 bits per heavy atom. The summed E-state index contributed by atoms with van der Waals surface area (Å²) in [7, 11) is 0. The molecule has 2 aliphatic rings. The highest BCUT2D eigenvalue weighted by Gasteiger charge is 2.47. The Morgan fingerprint density at radius 2 is 2.20 bits per heavy atom. The quantitative estimate of drug-likeness (QED) is 0.861. The maximum atomic E-state index is 13.1. The molecule has 0 aromatic carbocycles. The number of pyridine rings is 1. The lowest BCUT2D eigenvalue weighted by Gasteiger charge is -2.36. The zero-order valence-corrected chi connectivity index (χ0v) is 15.1. The first-order chi connectivity index (χ1) is 12.1. The third-order valence-electron chi connectivity index (χ3n) is 5.62. The van der Waals surface area contributed by atoms with Crippen molar-refractivity contribution in [1.29, 1.82) is 0 Å². The summed E-state index contributed by atoms with van der Waals surface area (Å²) in [6, 6.07) is 6.43. The van der Waals surface area contributed by atoms with Crippen LogP contribution in [-0.4, -0.2) is 38.2 Å². The Hall–Kier alpha value is -2.17. The van der Waals surface area contributed by atoms with Gasteiger partial charge in [-0.05, 0) is 63.1 Å². The van der Waals surface area contributed by atoms with Gasteiger partial charge in [-0.15, -0.1) is 0 Å². The molecule has 0 unspecified atom stereocenters. The van der Waals surface area contributed by atoms with E-state index in [0.29, 0.717) is 11.8 Å². The zero-order valence-electron chi connectivity index (χ0n) is 15.1. The number of hydrogen-bond donors (Lipinski definition) is 0. The van der Waals surface area contributed by atoms with E-state index in [1.54, 1.807) is 6.20 Å². The molecule has 0 spiro atoms. The molecule has 3 atom stereocenters. The molecule has 0 bridgehead atoms. The Kier molecular flexibility index (Phi) is 4.32. The van der Waals surface area contributed by atoms with E-state index < -0.39 is 0 Å². The van der Waals surface area contributed by atoms with Crippen molar-refractivity contribution in [3.63, 3.8) is 0 Å². The van der Waals surface area contributed by atoms with Crippen LogP contribution < -0.4 is 0 Å². The standard InChI is InChI=1S/C20H26N4O/c1-14-10-15(2)24(22-14)13-17-7-3-4-9-23(17)20(25)19-11-18(19)16-6-5-8-21-12-16/h5-6,8,10,12,17-19H,3-4,7,9,11,13H2,1-2H3/t17-,18-,19+/m0/s1. The number of aryl methyl sites for hydroxylation is 2. The molecule has 1 aliphatic heterocycles. The number of carbonyl (C=O) groups is 1. The molecule has 25 heavy (non-hydrogen) atoms. The van der Waals surface area contributed by atoms with Gasteiger partial charge in [0, 0.05) is 30.6 Å². The van der Waals surface area contributed by atoms with Crippen LogP contribution in [0.5, 0.6) is 0 Å². The summed E-state index contributed by atoms with van der Waals surface area (Å²) >= 11 is 0. The monoisotopic (exact) mass is 338 g/mol. The van der Waals surface area contributed by atoms with Crippen LogP contribution in [0, 0.1) is 19.8 Å². The summed E-state index contributed by atoms with van der Waals surface area (Å²) in [5.74, 6) is 0.836. The lowest BCUT2D eigenvalue weighted by molar-refractivity contribution is -0.136. The minimum atomic E-state index is 0.144. The van der Waals surface area contributed by atoms with Gasteiger partial charge in [0.15, 0.2) is 0 Å². The predicted octanol–water partition coefficient (Wildman–Crippen LogP) is 3.08. The molecule has 5 nitrogen and oxygen atoms in total. The van der Waals surface area contributed by atoms with E-state index in [1.165, 1.54) is 17.7 Å². The molecular formula is C20H26N4O. The van der Waals surface area contributed by atoms with Gasteiger partial charge >= 0.3 is 0 Å². The van der Waals surface area contributed by atoms with Crippen LogP contribution in [0.15, 0.2) is 30.6 Å². The number of nitrogens with zero attached hydrogens (tertiary/aromatic N) is 4. The van der Waals surface area contributed by atoms with Crippen molar-refractivity contribution in [2.75, 3.05) is 6.54 Å². The highest BCUT2D eigenvalue weighted by Crippen LogP contribution is 2.48. The number of aromatic nitrogens is 3. The van der Waals surface area contributed by atoms with Gasteiger partial charge in [0.25, 0.3) is 0 Å². The van der Waals surface area contributed by atoms with Crippen molar-refractivity contribution < 1.29 is 4.79 Å². The fourth-order valence-electron chi connectivity index (χ4n) is 4.18. The summed E-state index contributed by atoms with van der Waals surface area (Å²) < 4.78 is 2.07. The maximum Gasteiger partial charge on any atom is 0.226 e. The molecule has 132 valence electrons. The van der Waals surface area contributed by atoms with Crippen molar-refractivity contribution in [2.45, 2.75) is 58.0 Å². The first-order valence-corrected chi connectivity index (χ1v) is 9.35. The Balaban J connectivity index is 1.46. The smallest absolute Gasteiger partial charge is 0.226 e. The van der Waals surface area contributed by atoms with Gasteiger partial charge in [-0.1, -0.05) is 6.07 Å². The molecule has 4 rings (SSSR count). The molecule has 1 amide bonds. The van der Waals surface area contributed by atoms with E-state index in [0.717, 1.165) is 38.0 Å². The van der Waals surface area contributed by atoms with Crippen molar-refractivity contribution in [3.8, 4) is 0 Å².